The lowest BCUT2D eigenvalue weighted by molar-refractivity contribution is 0.0359. The Kier molecular flexibility index (Phi) is 3.64. The van der Waals surface area contributed by atoms with E-state index in [0.717, 1.165) is 0 Å². The van der Waals surface area contributed by atoms with Crippen molar-refractivity contribution in [1.29, 1.82) is 0 Å². The normalized spacial score (nSPS) is 23.0. The van der Waals surface area contributed by atoms with Crippen molar-refractivity contribution in [2.24, 2.45) is 0 Å². The van der Waals surface area contributed by atoms with Crippen molar-refractivity contribution in [1.82, 2.24) is 19.5 Å². The molecule has 0 radical (unpaired) electrons. The van der Waals surface area contributed by atoms with Crippen molar-refractivity contribution >= 4 is 24.6 Å². The van der Waals surface area contributed by atoms with Gasteiger partial charge >= 0.3 is 7.60 Å². The van der Waals surface area contributed by atoms with E-state index in [4.69, 9.17) is 25.0 Å². The number of rotatable bonds is 4. The topological polar surface area (TPSA) is 146 Å². The van der Waals surface area contributed by atoms with Crippen LogP contribution in [-0.2, 0) is 14.0 Å². The van der Waals surface area contributed by atoms with E-state index in [9.17, 15) is 4.57 Å². The first kappa shape index (κ1) is 14.4. The van der Waals surface area contributed by atoms with Crippen LogP contribution in [0.15, 0.2) is 12.7 Å². The Hall–Kier alpha value is -1.58. The van der Waals surface area contributed by atoms with E-state index in [2.05, 4.69) is 15.0 Å². The molecule has 4 N–H and O–H groups in total. The highest BCUT2D eigenvalue weighted by Gasteiger charge is 2.30. The van der Waals surface area contributed by atoms with Gasteiger partial charge < -0.3 is 25.0 Å². The van der Waals surface area contributed by atoms with Crippen molar-refractivity contribution in [3.05, 3.63) is 12.7 Å². The maximum absolute atomic E-state index is 10.8. The molecule has 3 heterocycles. The number of nitrogens with two attached hydrogens (primary N) is 1. The zero-order chi connectivity index (χ0) is 15.0. The summed E-state index contributed by atoms with van der Waals surface area (Å²) in [4.78, 5) is 29.7. The highest BCUT2D eigenvalue weighted by atomic mass is 31.2. The van der Waals surface area contributed by atoms with Crippen LogP contribution in [0.25, 0.3) is 11.2 Å². The fraction of sp³-hybridized carbons (Fsp3) is 0.500. The summed E-state index contributed by atoms with van der Waals surface area (Å²) < 4.78 is 23.2. The largest absolute Gasteiger partial charge is 0.382 e. The molecule has 0 spiro atoms. The average molecular weight is 315 g/mol. The Balaban J connectivity index is 1.73. The molecule has 0 unspecified atom stereocenters. The highest BCUT2D eigenvalue weighted by molar-refractivity contribution is 7.51. The molecule has 1 aliphatic heterocycles. The van der Waals surface area contributed by atoms with Gasteiger partial charge in [0.25, 0.3) is 0 Å². The quantitative estimate of drug-likeness (QED) is 0.655. The third kappa shape index (κ3) is 3.04. The zero-order valence-electron chi connectivity index (χ0n) is 10.9. The van der Waals surface area contributed by atoms with Gasteiger partial charge in [-0.1, -0.05) is 0 Å². The second-order valence-electron chi connectivity index (χ2n) is 4.69. The first-order valence-corrected chi connectivity index (χ1v) is 7.94. The Morgan fingerprint density at radius 3 is 3.05 bits per heavy atom. The lowest BCUT2D eigenvalue weighted by Crippen LogP contribution is -2.14. The van der Waals surface area contributed by atoms with Gasteiger partial charge in [-0.3, -0.25) is 9.13 Å². The van der Waals surface area contributed by atoms with Crippen LogP contribution in [0.5, 0.6) is 0 Å². The molecule has 10 nitrogen and oxygen atoms in total. The van der Waals surface area contributed by atoms with Gasteiger partial charge in [0.05, 0.1) is 19.0 Å². The third-order valence-corrected chi connectivity index (χ3v) is 3.60. The van der Waals surface area contributed by atoms with Gasteiger partial charge in [0.1, 0.15) is 24.4 Å². The minimum atomic E-state index is -4.18. The molecule has 0 amide bonds. The van der Waals surface area contributed by atoms with E-state index >= 15 is 0 Å². The van der Waals surface area contributed by atoms with Crippen molar-refractivity contribution in [3.8, 4) is 0 Å². The molecule has 2 atom stereocenters. The number of ether oxygens (including phenoxy) is 2. The van der Waals surface area contributed by atoms with E-state index < -0.39 is 13.9 Å². The number of nitrogens with zero attached hydrogens (tertiary/aromatic N) is 4. The van der Waals surface area contributed by atoms with Gasteiger partial charge in [0.15, 0.2) is 11.5 Å². The summed E-state index contributed by atoms with van der Waals surface area (Å²) in [6.45, 7) is 0.241. The van der Waals surface area contributed by atoms with Crippen molar-refractivity contribution in [2.45, 2.75) is 18.8 Å². The Labute approximate surface area is 119 Å². The lowest BCUT2D eigenvalue weighted by Gasteiger charge is -2.12. The van der Waals surface area contributed by atoms with Crippen LogP contribution in [0.3, 0.4) is 0 Å². The molecule has 3 rings (SSSR count). The maximum Gasteiger partial charge on any atom is 0.350 e. The first-order valence-electron chi connectivity index (χ1n) is 6.15. The van der Waals surface area contributed by atoms with E-state index in [1.165, 1.54) is 6.33 Å². The van der Waals surface area contributed by atoms with E-state index in [0.29, 0.717) is 17.6 Å². The van der Waals surface area contributed by atoms with Crippen LogP contribution >= 0.6 is 7.60 Å². The van der Waals surface area contributed by atoms with E-state index in [-0.39, 0.29) is 24.8 Å². The highest BCUT2D eigenvalue weighted by Crippen LogP contribution is 2.36. The smallest absolute Gasteiger partial charge is 0.350 e. The van der Waals surface area contributed by atoms with Crippen LogP contribution in [0.2, 0.25) is 0 Å². The fourth-order valence-corrected chi connectivity index (χ4v) is 2.58. The van der Waals surface area contributed by atoms with E-state index in [1.807, 2.05) is 0 Å². The number of aromatic nitrogens is 4. The molecule has 0 aromatic carbocycles. The summed E-state index contributed by atoms with van der Waals surface area (Å²) in [6.07, 6.45) is 1.95. The second kappa shape index (κ2) is 5.32. The molecule has 0 bridgehead atoms. The summed E-state index contributed by atoms with van der Waals surface area (Å²) in [6, 6.07) is 0. The minimum absolute atomic E-state index is 0.241. The summed E-state index contributed by atoms with van der Waals surface area (Å²) >= 11 is 0. The van der Waals surface area contributed by atoms with Crippen molar-refractivity contribution < 1.29 is 23.8 Å². The number of anilines is 1. The average Bonchev–Trinajstić information content (AvgIpc) is 3.02. The van der Waals surface area contributed by atoms with Crippen LogP contribution in [0.1, 0.15) is 12.6 Å². The van der Waals surface area contributed by atoms with Gasteiger partial charge in [-0.2, -0.15) is 0 Å². The summed E-state index contributed by atoms with van der Waals surface area (Å²) in [5.74, 6) is 0.283. The Bertz CT molecular complexity index is 700. The van der Waals surface area contributed by atoms with Crippen LogP contribution in [0, 0.1) is 0 Å². The SMILES string of the molecule is Nc1ncnc2c1ncn2[C@H]1C[C@@H](OCP(=O)(O)O)CO1. The van der Waals surface area contributed by atoms with E-state index in [1.54, 1.807) is 10.9 Å². The number of imidazole rings is 1. The van der Waals surface area contributed by atoms with Crippen molar-refractivity contribution in [3.63, 3.8) is 0 Å². The molecule has 1 saturated heterocycles. The summed E-state index contributed by atoms with van der Waals surface area (Å²) in [5.41, 5.74) is 6.74. The van der Waals surface area contributed by atoms with Crippen LogP contribution < -0.4 is 5.73 Å². The van der Waals surface area contributed by atoms with Gasteiger partial charge in [-0.15, -0.1) is 0 Å². The minimum Gasteiger partial charge on any atom is -0.382 e. The number of fused-ring (bicyclic) bond motifs is 1. The molecule has 1 fully saturated rings. The van der Waals surface area contributed by atoms with Gasteiger partial charge in [-0.05, 0) is 0 Å². The predicted molar refractivity (Wildman–Crippen MR) is 71.1 cm³/mol. The molecule has 21 heavy (non-hydrogen) atoms. The Morgan fingerprint density at radius 1 is 1.48 bits per heavy atom. The maximum atomic E-state index is 10.8. The zero-order valence-corrected chi connectivity index (χ0v) is 11.8. The molecule has 0 saturated carbocycles. The van der Waals surface area contributed by atoms with Crippen LogP contribution in [-0.4, -0.2) is 48.4 Å². The standard InChI is InChI=1S/C10H14N5O5P/c11-9-8-10(13-3-12-9)15(4-14-8)7-1-6(2-19-7)20-5-21(16,17)18/h3-4,6-7H,1-2,5H2,(H2,11,12,13)(H2,16,17,18)/t6-,7-/m1/s1. The van der Waals surface area contributed by atoms with Gasteiger partial charge in [0.2, 0.25) is 0 Å². The lowest BCUT2D eigenvalue weighted by atomic mass is 10.3. The molecule has 2 aromatic rings. The fourth-order valence-electron chi connectivity index (χ4n) is 2.17. The van der Waals surface area contributed by atoms with Gasteiger partial charge in [-0.25, -0.2) is 15.0 Å². The summed E-state index contributed by atoms with van der Waals surface area (Å²) in [7, 11) is -4.18. The molecule has 114 valence electrons. The number of hydrogen-bond donors (Lipinski definition) is 3. The molecule has 0 aliphatic carbocycles. The first-order chi connectivity index (χ1) is 9.94. The van der Waals surface area contributed by atoms with Crippen molar-refractivity contribution in [2.75, 3.05) is 18.7 Å². The predicted octanol–water partition coefficient (Wildman–Crippen LogP) is -0.152. The number of hydrogen-bond acceptors (Lipinski definition) is 7. The molecule has 11 heteroatoms. The molecular weight excluding hydrogens is 301 g/mol. The number of nitrogen functional groups attached to an aromatic ring is 1. The Morgan fingerprint density at radius 2 is 2.29 bits per heavy atom. The monoisotopic (exact) mass is 315 g/mol. The molecule has 2 aromatic heterocycles. The van der Waals surface area contributed by atoms with Gasteiger partial charge in [0, 0.05) is 6.42 Å². The second-order valence-corrected chi connectivity index (χ2v) is 6.28. The molecule has 1 aliphatic rings. The van der Waals surface area contributed by atoms with Crippen LogP contribution in [0.4, 0.5) is 5.82 Å². The molecular formula is C10H14N5O5P. The third-order valence-electron chi connectivity index (χ3n) is 3.11. The summed E-state index contributed by atoms with van der Waals surface area (Å²) in [5, 5.41) is 0.